The van der Waals surface area contributed by atoms with Crippen LogP contribution in [-0.4, -0.2) is 46.3 Å². The van der Waals surface area contributed by atoms with Crippen LogP contribution in [0.4, 0.5) is 4.79 Å². The van der Waals surface area contributed by atoms with Gasteiger partial charge >= 0.3 is 12.1 Å². The predicted molar refractivity (Wildman–Crippen MR) is 78.1 cm³/mol. The summed E-state index contributed by atoms with van der Waals surface area (Å²) < 4.78 is 5.22. The van der Waals surface area contributed by atoms with E-state index in [0.29, 0.717) is 25.7 Å². The molecule has 0 bridgehead atoms. The van der Waals surface area contributed by atoms with Crippen molar-refractivity contribution in [1.29, 1.82) is 0 Å². The number of carbonyl (C=O) groups excluding carboxylic acids is 2. The van der Waals surface area contributed by atoms with E-state index in [-0.39, 0.29) is 24.3 Å². The number of ketones is 1. The maximum Gasteiger partial charge on any atom is 0.434 e. The van der Waals surface area contributed by atoms with E-state index in [1.54, 1.807) is 20.8 Å². The molecule has 126 valence electrons. The summed E-state index contributed by atoms with van der Waals surface area (Å²) in [4.78, 5) is 39.9. The number of Topliss-reactive ketones (excluding diaryl/α,β-unsaturated/α-hetero) is 1. The average Bonchev–Trinajstić information content (AvgIpc) is 2.36. The standard InChI is InChI=1S/C15H25NO6/c1-10(17)9-16(14(20)21-15(2,3)4)22-12-7-5-11(6-8-12)13(18)19/h11-12H,5-9H2,1-4H3,(H,18,19)/t11-,12-. The molecule has 0 unspecified atom stereocenters. The zero-order valence-corrected chi connectivity index (χ0v) is 13.6. The molecule has 0 aromatic rings. The van der Waals surface area contributed by atoms with Crippen molar-refractivity contribution in [3.8, 4) is 0 Å². The second-order valence-electron chi connectivity index (χ2n) is 6.64. The molecule has 1 aliphatic carbocycles. The Hall–Kier alpha value is -1.63. The number of hydroxylamine groups is 2. The Bertz CT molecular complexity index is 420. The highest BCUT2D eigenvalue weighted by Gasteiger charge is 2.31. The number of carbonyl (C=O) groups is 3. The first-order valence-corrected chi connectivity index (χ1v) is 7.48. The number of rotatable bonds is 5. The number of aliphatic carboxylic acids is 1. The Balaban J connectivity index is 2.60. The molecule has 0 spiro atoms. The molecule has 0 radical (unpaired) electrons. The van der Waals surface area contributed by atoms with Crippen LogP contribution in [0.2, 0.25) is 0 Å². The van der Waals surface area contributed by atoms with Crippen molar-refractivity contribution in [1.82, 2.24) is 5.06 Å². The van der Waals surface area contributed by atoms with Crippen molar-refractivity contribution in [2.75, 3.05) is 6.54 Å². The van der Waals surface area contributed by atoms with Gasteiger partial charge in [-0.25, -0.2) is 4.79 Å². The molecule has 0 aromatic carbocycles. The molecule has 7 nitrogen and oxygen atoms in total. The number of amides is 1. The minimum absolute atomic E-state index is 0.187. The van der Waals surface area contributed by atoms with Gasteiger partial charge in [-0.15, -0.1) is 0 Å². The number of ether oxygens (including phenoxy) is 1. The quantitative estimate of drug-likeness (QED) is 0.783. The third-order valence-electron chi connectivity index (χ3n) is 3.26. The molecule has 0 aliphatic heterocycles. The number of carboxylic acids is 1. The van der Waals surface area contributed by atoms with Crippen LogP contribution in [0.25, 0.3) is 0 Å². The highest BCUT2D eigenvalue weighted by atomic mass is 16.7. The maximum atomic E-state index is 12.1. The van der Waals surface area contributed by atoms with Gasteiger partial charge in [0.05, 0.1) is 12.0 Å². The monoisotopic (exact) mass is 315 g/mol. The van der Waals surface area contributed by atoms with E-state index in [0.717, 1.165) is 5.06 Å². The minimum Gasteiger partial charge on any atom is -0.481 e. The molecule has 0 atom stereocenters. The Morgan fingerprint density at radius 2 is 1.68 bits per heavy atom. The molecule has 0 aromatic heterocycles. The largest absolute Gasteiger partial charge is 0.481 e. The average molecular weight is 315 g/mol. The lowest BCUT2D eigenvalue weighted by Gasteiger charge is -2.32. The second-order valence-corrected chi connectivity index (χ2v) is 6.64. The topological polar surface area (TPSA) is 93.1 Å². The van der Waals surface area contributed by atoms with E-state index in [1.165, 1.54) is 6.92 Å². The molecule has 0 heterocycles. The first-order valence-electron chi connectivity index (χ1n) is 7.48. The number of nitrogens with zero attached hydrogens (tertiary/aromatic N) is 1. The minimum atomic E-state index is -0.800. The number of hydrogen-bond donors (Lipinski definition) is 1. The summed E-state index contributed by atoms with van der Waals surface area (Å²) in [7, 11) is 0. The lowest BCUT2D eigenvalue weighted by Crippen LogP contribution is -2.42. The van der Waals surface area contributed by atoms with Crippen molar-refractivity contribution >= 4 is 17.8 Å². The summed E-state index contributed by atoms with van der Waals surface area (Å²) in [6.07, 6.45) is 1.10. The summed E-state index contributed by atoms with van der Waals surface area (Å²) in [5.41, 5.74) is -0.684. The maximum absolute atomic E-state index is 12.1. The predicted octanol–water partition coefficient (Wildman–Crippen LogP) is 2.39. The zero-order valence-electron chi connectivity index (χ0n) is 13.6. The molecule has 1 N–H and O–H groups in total. The first-order chi connectivity index (χ1) is 10.1. The van der Waals surface area contributed by atoms with Gasteiger partial charge in [0.1, 0.15) is 12.1 Å². The van der Waals surface area contributed by atoms with Gasteiger partial charge in [-0.05, 0) is 53.4 Å². The van der Waals surface area contributed by atoms with E-state index in [4.69, 9.17) is 14.7 Å². The van der Waals surface area contributed by atoms with E-state index in [2.05, 4.69) is 0 Å². The van der Waals surface area contributed by atoms with Crippen LogP contribution >= 0.6 is 0 Å². The van der Waals surface area contributed by atoms with E-state index < -0.39 is 17.7 Å². The second kappa shape index (κ2) is 7.58. The van der Waals surface area contributed by atoms with E-state index >= 15 is 0 Å². The van der Waals surface area contributed by atoms with Gasteiger partial charge in [0.25, 0.3) is 0 Å². The van der Waals surface area contributed by atoms with Crippen LogP contribution in [0.5, 0.6) is 0 Å². The SMILES string of the molecule is CC(=O)CN(O[C@H]1CC[C@H](C(=O)O)CC1)C(=O)OC(C)(C)C. The van der Waals surface area contributed by atoms with Crippen LogP contribution in [0.1, 0.15) is 53.4 Å². The van der Waals surface area contributed by atoms with Crippen molar-refractivity contribution in [2.45, 2.75) is 65.1 Å². The Morgan fingerprint density at radius 3 is 2.09 bits per heavy atom. The van der Waals surface area contributed by atoms with Crippen molar-refractivity contribution in [3.05, 3.63) is 0 Å². The molecule has 22 heavy (non-hydrogen) atoms. The van der Waals surface area contributed by atoms with Crippen molar-refractivity contribution in [2.24, 2.45) is 5.92 Å². The molecular weight excluding hydrogens is 290 g/mol. The highest BCUT2D eigenvalue weighted by molar-refractivity contribution is 5.81. The first kappa shape index (κ1) is 18.4. The Labute approximate surface area is 130 Å². The molecule has 1 aliphatic rings. The summed E-state index contributed by atoms with van der Waals surface area (Å²) in [5, 5.41) is 9.91. The summed E-state index contributed by atoms with van der Waals surface area (Å²) in [6.45, 7) is 6.37. The van der Waals surface area contributed by atoms with Gasteiger partial charge in [0, 0.05) is 0 Å². The van der Waals surface area contributed by atoms with Crippen LogP contribution < -0.4 is 0 Å². The van der Waals surface area contributed by atoms with Gasteiger partial charge in [0.15, 0.2) is 5.78 Å². The highest BCUT2D eigenvalue weighted by Crippen LogP contribution is 2.27. The van der Waals surface area contributed by atoms with E-state index in [9.17, 15) is 14.4 Å². The van der Waals surface area contributed by atoms with Gasteiger partial charge in [-0.1, -0.05) is 0 Å². The normalized spacial score (nSPS) is 22.0. The summed E-state index contributed by atoms with van der Waals surface area (Å²) in [6, 6.07) is 0. The Kier molecular flexibility index (Phi) is 6.34. The lowest BCUT2D eigenvalue weighted by atomic mass is 9.88. The zero-order chi connectivity index (χ0) is 16.9. The molecular formula is C15H25NO6. The molecule has 7 heteroatoms. The molecule has 1 fully saturated rings. The summed E-state index contributed by atoms with van der Waals surface area (Å²) in [5.74, 6) is -1.38. The van der Waals surface area contributed by atoms with Gasteiger partial charge in [-0.3, -0.25) is 14.4 Å². The lowest BCUT2D eigenvalue weighted by molar-refractivity contribution is -0.192. The fourth-order valence-electron chi connectivity index (χ4n) is 2.26. The van der Waals surface area contributed by atoms with Crippen molar-refractivity contribution < 1.29 is 29.1 Å². The number of carboxylic acid groups (broad SMARTS) is 1. The van der Waals surface area contributed by atoms with Gasteiger partial charge < -0.3 is 9.84 Å². The summed E-state index contributed by atoms with van der Waals surface area (Å²) >= 11 is 0. The third kappa shape index (κ3) is 6.43. The molecule has 1 saturated carbocycles. The van der Waals surface area contributed by atoms with Gasteiger partial charge in [-0.2, -0.15) is 5.06 Å². The molecule has 1 rings (SSSR count). The van der Waals surface area contributed by atoms with E-state index in [1.807, 2.05) is 0 Å². The van der Waals surface area contributed by atoms with Crippen LogP contribution in [0.15, 0.2) is 0 Å². The Morgan fingerprint density at radius 1 is 1.14 bits per heavy atom. The third-order valence-corrected chi connectivity index (χ3v) is 3.26. The van der Waals surface area contributed by atoms with Crippen molar-refractivity contribution in [3.63, 3.8) is 0 Å². The van der Waals surface area contributed by atoms with Crippen LogP contribution in [0, 0.1) is 5.92 Å². The van der Waals surface area contributed by atoms with Crippen LogP contribution in [-0.2, 0) is 19.2 Å². The van der Waals surface area contributed by atoms with Gasteiger partial charge in [0.2, 0.25) is 0 Å². The number of hydrogen-bond acceptors (Lipinski definition) is 5. The fraction of sp³-hybridized carbons (Fsp3) is 0.800. The molecule has 0 saturated heterocycles. The smallest absolute Gasteiger partial charge is 0.434 e. The fourth-order valence-corrected chi connectivity index (χ4v) is 2.26. The van der Waals surface area contributed by atoms with Crippen LogP contribution in [0.3, 0.4) is 0 Å². The molecule has 1 amide bonds.